The summed E-state index contributed by atoms with van der Waals surface area (Å²) in [7, 11) is -2.21. The highest BCUT2D eigenvalue weighted by molar-refractivity contribution is 7.89. The van der Waals surface area contributed by atoms with E-state index < -0.39 is 15.5 Å². The second-order valence-electron chi connectivity index (χ2n) is 3.65. The summed E-state index contributed by atoms with van der Waals surface area (Å²) in [6.07, 6.45) is 3.32. The molecule has 0 saturated heterocycles. The monoisotopic (exact) mass is 244 g/mol. The minimum atomic E-state index is -3.69. The van der Waals surface area contributed by atoms with Gasteiger partial charge in [0.1, 0.15) is 4.90 Å². The zero-order valence-electron chi connectivity index (χ0n) is 9.60. The molecule has 1 N–H and O–H groups in total. The Morgan fingerprint density at radius 3 is 2.62 bits per heavy atom. The van der Waals surface area contributed by atoms with Crippen molar-refractivity contribution in [2.75, 3.05) is 7.05 Å². The standard InChI is InChI=1S/C10H16N2O3S/c1-4-8(2)12(3)16(14,15)10-7-11-6-5-9(10)13/h5-8H,4H2,1-3H3,(H,11,13). The summed E-state index contributed by atoms with van der Waals surface area (Å²) in [5.41, 5.74) is -0.492. The van der Waals surface area contributed by atoms with Crippen LogP contribution in [0.15, 0.2) is 28.2 Å². The first kappa shape index (κ1) is 12.9. The molecule has 0 bridgehead atoms. The van der Waals surface area contributed by atoms with Gasteiger partial charge in [0.15, 0.2) is 0 Å². The summed E-state index contributed by atoms with van der Waals surface area (Å²) in [5, 5.41) is 0. The van der Waals surface area contributed by atoms with Gasteiger partial charge in [-0.25, -0.2) is 8.42 Å². The molecule has 1 atom stereocenters. The van der Waals surface area contributed by atoms with E-state index in [-0.39, 0.29) is 10.9 Å². The molecule has 1 rings (SSSR count). The van der Waals surface area contributed by atoms with Gasteiger partial charge in [0.05, 0.1) is 0 Å². The van der Waals surface area contributed by atoms with Gasteiger partial charge in [-0.3, -0.25) is 4.79 Å². The molecule has 1 aromatic rings. The molecule has 5 nitrogen and oxygen atoms in total. The fourth-order valence-electron chi connectivity index (χ4n) is 1.25. The van der Waals surface area contributed by atoms with Gasteiger partial charge in [0, 0.05) is 31.5 Å². The van der Waals surface area contributed by atoms with Crippen molar-refractivity contribution in [1.29, 1.82) is 0 Å². The first-order valence-corrected chi connectivity index (χ1v) is 6.50. The van der Waals surface area contributed by atoms with Crippen LogP contribution in [0.25, 0.3) is 0 Å². The average molecular weight is 244 g/mol. The zero-order chi connectivity index (χ0) is 12.3. The molecule has 1 heterocycles. The summed E-state index contributed by atoms with van der Waals surface area (Å²) >= 11 is 0. The van der Waals surface area contributed by atoms with Crippen molar-refractivity contribution in [1.82, 2.24) is 9.29 Å². The van der Waals surface area contributed by atoms with Crippen LogP contribution in [-0.2, 0) is 10.0 Å². The molecule has 0 saturated carbocycles. The van der Waals surface area contributed by atoms with E-state index in [1.54, 1.807) is 6.92 Å². The Balaban J connectivity index is 3.23. The topological polar surface area (TPSA) is 70.2 Å². The molecular weight excluding hydrogens is 228 g/mol. The molecule has 0 aliphatic heterocycles. The number of rotatable bonds is 4. The number of sulfonamides is 1. The summed E-state index contributed by atoms with van der Waals surface area (Å²) in [6, 6.07) is 1.07. The number of nitrogens with zero attached hydrogens (tertiary/aromatic N) is 1. The number of hydrogen-bond donors (Lipinski definition) is 1. The van der Waals surface area contributed by atoms with Crippen LogP contribution in [0.2, 0.25) is 0 Å². The minimum Gasteiger partial charge on any atom is -0.366 e. The van der Waals surface area contributed by atoms with Crippen molar-refractivity contribution in [2.45, 2.75) is 31.2 Å². The van der Waals surface area contributed by atoms with Gasteiger partial charge >= 0.3 is 0 Å². The maximum absolute atomic E-state index is 12.1. The predicted molar refractivity (Wildman–Crippen MR) is 61.8 cm³/mol. The highest BCUT2D eigenvalue weighted by atomic mass is 32.2. The van der Waals surface area contributed by atoms with E-state index in [0.717, 1.165) is 0 Å². The molecule has 0 spiro atoms. The Labute approximate surface area is 95.2 Å². The Bertz CT molecular complexity index is 507. The molecular formula is C10H16N2O3S. The number of nitrogens with one attached hydrogen (secondary N) is 1. The lowest BCUT2D eigenvalue weighted by Crippen LogP contribution is -2.36. The van der Waals surface area contributed by atoms with E-state index in [9.17, 15) is 13.2 Å². The van der Waals surface area contributed by atoms with Gasteiger partial charge in [0.25, 0.3) is 0 Å². The van der Waals surface area contributed by atoms with Gasteiger partial charge in [-0.1, -0.05) is 6.92 Å². The van der Waals surface area contributed by atoms with Crippen molar-refractivity contribution < 1.29 is 8.42 Å². The smallest absolute Gasteiger partial charge is 0.248 e. The maximum Gasteiger partial charge on any atom is 0.248 e. The van der Waals surface area contributed by atoms with Crippen LogP contribution in [0.4, 0.5) is 0 Å². The van der Waals surface area contributed by atoms with E-state index in [4.69, 9.17) is 0 Å². The third kappa shape index (κ3) is 2.33. The first-order chi connectivity index (χ1) is 7.41. The lowest BCUT2D eigenvalue weighted by molar-refractivity contribution is 0.380. The molecule has 0 aromatic carbocycles. The molecule has 0 aliphatic carbocycles. The Morgan fingerprint density at radius 2 is 2.12 bits per heavy atom. The number of H-pyrrole nitrogens is 1. The van der Waals surface area contributed by atoms with Crippen LogP contribution in [-0.4, -0.2) is 30.8 Å². The van der Waals surface area contributed by atoms with Crippen LogP contribution in [0, 0.1) is 0 Å². The lowest BCUT2D eigenvalue weighted by Gasteiger charge is -2.22. The third-order valence-corrected chi connectivity index (χ3v) is 4.65. The number of hydrogen-bond acceptors (Lipinski definition) is 3. The van der Waals surface area contributed by atoms with Crippen molar-refractivity contribution in [3.63, 3.8) is 0 Å². The summed E-state index contributed by atoms with van der Waals surface area (Å²) in [4.78, 5) is 13.9. The molecule has 0 radical (unpaired) electrons. The van der Waals surface area contributed by atoms with Gasteiger partial charge in [-0.15, -0.1) is 0 Å². The average Bonchev–Trinajstić information content (AvgIpc) is 2.27. The molecule has 1 unspecified atom stereocenters. The fraction of sp³-hybridized carbons (Fsp3) is 0.500. The molecule has 0 amide bonds. The number of aromatic amines is 1. The van der Waals surface area contributed by atoms with Crippen molar-refractivity contribution in [2.24, 2.45) is 0 Å². The highest BCUT2D eigenvalue weighted by Crippen LogP contribution is 2.13. The second-order valence-corrected chi connectivity index (χ2v) is 5.62. The van der Waals surface area contributed by atoms with Crippen LogP contribution in [0.5, 0.6) is 0 Å². The minimum absolute atomic E-state index is 0.135. The molecule has 0 fully saturated rings. The summed E-state index contributed by atoms with van der Waals surface area (Å²) in [6.45, 7) is 3.70. The zero-order valence-corrected chi connectivity index (χ0v) is 10.4. The molecule has 16 heavy (non-hydrogen) atoms. The molecule has 90 valence electrons. The van der Waals surface area contributed by atoms with Crippen LogP contribution >= 0.6 is 0 Å². The molecule has 0 aliphatic rings. The summed E-state index contributed by atoms with van der Waals surface area (Å²) < 4.78 is 25.3. The van der Waals surface area contributed by atoms with E-state index in [0.29, 0.717) is 6.42 Å². The number of aromatic nitrogens is 1. The van der Waals surface area contributed by atoms with Crippen LogP contribution in [0.3, 0.4) is 0 Å². The lowest BCUT2D eigenvalue weighted by atomic mass is 10.3. The molecule has 6 heteroatoms. The van der Waals surface area contributed by atoms with E-state index in [1.807, 2.05) is 6.92 Å². The van der Waals surface area contributed by atoms with Gasteiger partial charge < -0.3 is 4.98 Å². The normalized spacial score (nSPS) is 14.0. The Morgan fingerprint density at radius 1 is 1.50 bits per heavy atom. The van der Waals surface area contributed by atoms with Crippen molar-refractivity contribution in [3.8, 4) is 0 Å². The van der Waals surface area contributed by atoms with E-state index >= 15 is 0 Å². The third-order valence-electron chi connectivity index (χ3n) is 2.66. The van der Waals surface area contributed by atoms with Crippen molar-refractivity contribution in [3.05, 3.63) is 28.7 Å². The molecule has 1 aromatic heterocycles. The highest BCUT2D eigenvalue weighted by Gasteiger charge is 2.26. The van der Waals surface area contributed by atoms with Crippen LogP contribution < -0.4 is 5.43 Å². The van der Waals surface area contributed by atoms with Gasteiger partial charge in [0.2, 0.25) is 15.5 Å². The Hall–Kier alpha value is -1.14. The maximum atomic E-state index is 12.1. The largest absolute Gasteiger partial charge is 0.366 e. The fourth-order valence-corrected chi connectivity index (χ4v) is 2.72. The number of pyridine rings is 1. The predicted octanol–water partition coefficient (Wildman–Crippen LogP) is 0.794. The van der Waals surface area contributed by atoms with E-state index in [1.165, 1.54) is 29.8 Å². The van der Waals surface area contributed by atoms with E-state index in [2.05, 4.69) is 4.98 Å². The second kappa shape index (κ2) is 4.80. The SMILES string of the molecule is CCC(C)N(C)S(=O)(=O)c1c[nH]ccc1=O. The van der Waals surface area contributed by atoms with Crippen LogP contribution in [0.1, 0.15) is 20.3 Å². The van der Waals surface area contributed by atoms with Gasteiger partial charge in [-0.05, 0) is 13.3 Å². The quantitative estimate of drug-likeness (QED) is 0.851. The Kier molecular flexibility index (Phi) is 3.88. The summed E-state index contributed by atoms with van der Waals surface area (Å²) in [5.74, 6) is 0. The van der Waals surface area contributed by atoms with Crippen molar-refractivity contribution >= 4 is 10.0 Å². The first-order valence-electron chi connectivity index (χ1n) is 5.06. The van der Waals surface area contributed by atoms with Gasteiger partial charge in [-0.2, -0.15) is 4.31 Å².